The minimum Gasteiger partial charge on any atom is -0.490 e. The van der Waals surface area contributed by atoms with Crippen LogP contribution in [0.15, 0.2) is 18.2 Å². The van der Waals surface area contributed by atoms with E-state index in [1.54, 1.807) is 0 Å². The maximum Gasteiger partial charge on any atom is 0.161 e. The van der Waals surface area contributed by atoms with Gasteiger partial charge in [0.15, 0.2) is 11.5 Å². The van der Waals surface area contributed by atoms with E-state index < -0.39 is 0 Å². The smallest absolute Gasteiger partial charge is 0.161 e. The lowest BCUT2D eigenvalue weighted by molar-refractivity contribution is 0.297. The molecule has 1 aromatic carbocycles. The molecule has 2 rings (SSSR count). The van der Waals surface area contributed by atoms with Crippen LogP contribution >= 0.6 is 0 Å². The van der Waals surface area contributed by atoms with Crippen molar-refractivity contribution >= 4 is 0 Å². The van der Waals surface area contributed by atoms with E-state index in [9.17, 15) is 0 Å². The van der Waals surface area contributed by atoms with Crippen LogP contribution in [0, 0.1) is 5.92 Å². The van der Waals surface area contributed by atoms with E-state index >= 15 is 0 Å². The standard InChI is InChI=1S/C17H27NO2/c1-4-13(2)10-14(3)18-12-15-6-7-16-17(11-15)20-9-5-8-19-16/h6-7,11,13-14,18H,4-5,8-10,12H2,1-3H3. The SMILES string of the molecule is CCC(C)CC(C)NCc1ccc2c(c1)OCCCO2. The summed E-state index contributed by atoms with van der Waals surface area (Å²) < 4.78 is 11.4. The lowest BCUT2D eigenvalue weighted by atomic mass is 10.0. The predicted octanol–water partition coefficient (Wildman–Crippen LogP) is 3.76. The van der Waals surface area contributed by atoms with Gasteiger partial charge in [-0.2, -0.15) is 0 Å². The fraction of sp³-hybridized carbons (Fsp3) is 0.647. The van der Waals surface area contributed by atoms with Crippen molar-refractivity contribution in [3.8, 4) is 11.5 Å². The van der Waals surface area contributed by atoms with Crippen molar-refractivity contribution in [3.05, 3.63) is 23.8 Å². The van der Waals surface area contributed by atoms with Gasteiger partial charge in [0.05, 0.1) is 13.2 Å². The summed E-state index contributed by atoms with van der Waals surface area (Å²) in [6.07, 6.45) is 3.42. The van der Waals surface area contributed by atoms with E-state index in [1.165, 1.54) is 18.4 Å². The first-order chi connectivity index (χ1) is 9.69. The van der Waals surface area contributed by atoms with E-state index in [0.29, 0.717) is 6.04 Å². The van der Waals surface area contributed by atoms with E-state index in [1.807, 2.05) is 6.07 Å². The maximum absolute atomic E-state index is 5.73. The highest BCUT2D eigenvalue weighted by Gasteiger charge is 2.11. The van der Waals surface area contributed by atoms with Crippen LogP contribution in [-0.4, -0.2) is 19.3 Å². The molecule has 1 N–H and O–H groups in total. The van der Waals surface area contributed by atoms with Gasteiger partial charge in [0.1, 0.15) is 0 Å². The Labute approximate surface area is 122 Å². The van der Waals surface area contributed by atoms with Gasteiger partial charge in [-0.1, -0.05) is 26.3 Å². The molecule has 112 valence electrons. The topological polar surface area (TPSA) is 30.5 Å². The third-order valence-electron chi connectivity index (χ3n) is 3.92. The van der Waals surface area contributed by atoms with Crippen molar-refractivity contribution in [1.29, 1.82) is 0 Å². The number of hydrogen-bond acceptors (Lipinski definition) is 3. The molecule has 2 unspecified atom stereocenters. The average Bonchev–Trinajstić information content (AvgIpc) is 2.69. The van der Waals surface area contributed by atoms with Crippen LogP contribution in [-0.2, 0) is 6.54 Å². The Balaban J connectivity index is 1.88. The van der Waals surface area contributed by atoms with Crippen molar-refractivity contribution in [1.82, 2.24) is 5.32 Å². The van der Waals surface area contributed by atoms with Gasteiger partial charge in [0.25, 0.3) is 0 Å². The fourth-order valence-corrected chi connectivity index (χ4v) is 2.46. The lowest BCUT2D eigenvalue weighted by Crippen LogP contribution is -2.27. The maximum atomic E-state index is 5.73. The van der Waals surface area contributed by atoms with Crippen LogP contribution in [0.2, 0.25) is 0 Å². The van der Waals surface area contributed by atoms with Crippen molar-refractivity contribution in [3.63, 3.8) is 0 Å². The first-order valence-electron chi connectivity index (χ1n) is 7.81. The minimum atomic E-state index is 0.543. The highest BCUT2D eigenvalue weighted by atomic mass is 16.5. The molecule has 0 spiro atoms. The van der Waals surface area contributed by atoms with Gasteiger partial charge < -0.3 is 14.8 Å². The summed E-state index contributed by atoms with van der Waals surface area (Å²) in [5.41, 5.74) is 1.25. The zero-order valence-electron chi connectivity index (χ0n) is 12.9. The summed E-state index contributed by atoms with van der Waals surface area (Å²) >= 11 is 0. The van der Waals surface area contributed by atoms with E-state index in [4.69, 9.17) is 9.47 Å². The number of benzene rings is 1. The predicted molar refractivity (Wildman–Crippen MR) is 82.4 cm³/mol. The summed E-state index contributed by atoms with van der Waals surface area (Å²) in [4.78, 5) is 0. The summed E-state index contributed by atoms with van der Waals surface area (Å²) in [5.74, 6) is 2.54. The molecule has 0 bridgehead atoms. The molecule has 1 aliphatic rings. The van der Waals surface area contributed by atoms with Crippen LogP contribution in [0.5, 0.6) is 11.5 Å². The molecule has 1 aliphatic heterocycles. The monoisotopic (exact) mass is 277 g/mol. The molecular weight excluding hydrogens is 250 g/mol. The quantitative estimate of drug-likeness (QED) is 0.858. The zero-order chi connectivity index (χ0) is 14.4. The highest BCUT2D eigenvalue weighted by Crippen LogP contribution is 2.30. The van der Waals surface area contributed by atoms with E-state index in [-0.39, 0.29) is 0 Å². The molecule has 3 nitrogen and oxygen atoms in total. The van der Waals surface area contributed by atoms with E-state index in [0.717, 1.165) is 43.6 Å². The van der Waals surface area contributed by atoms with Gasteiger partial charge >= 0.3 is 0 Å². The number of rotatable bonds is 6. The Morgan fingerprint density at radius 2 is 1.90 bits per heavy atom. The molecule has 2 atom stereocenters. The van der Waals surface area contributed by atoms with E-state index in [2.05, 4.69) is 38.2 Å². The van der Waals surface area contributed by atoms with Gasteiger partial charge in [-0.25, -0.2) is 0 Å². The number of ether oxygens (including phenoxy) is 2. The second-order valence-corrected chi connectivity index (χ2v) is 5.86. The molecule has 1 heterocycles. The Morgan fingerprint density at radius 1 is 1.15 bits per heavy atom. The average molecular weight is 277 g/mol. The van der Waals surface area contributed by atoms with Gasteiger partial charge in [-0.3, -0.25) is 0 Å². The molecule has 0 aromatic heterocycles. The first kappa shape index (κ1) is 15.2. The number of hydrogen-bond donors (Lipinski definition) is 1. The number of fused-ring (bicyclic) bond motifs is 1. The van der Waals surface area contributed by atoms with Gasteiger partial charge in [-0.15, -0.1) is 0 Å². The molecule has 20 heavy (non-hydrogen) atoms. The molecule has 0 radical (unpaired) electrons. The lowest BCUT2D eigenvalue weighted by Gasteiger charge is -2.18. The first-order valence-corrected chi connectivity index (χ1v) is 7.81. The van der Waals surface area contributed by atoms with Crippen LogP contribution in [0.25, 0.3) is 0 Å². The summed E-state index contributed by atoms with van der Waals surface area (Å²) in [6, 6.07) is 6.79. The van der Waals surface area contributed by atoms with Gasteiger partial charge in [-0.05, 0) is 37.0 Å². The Morgan fingerprint density at radius 3 is 2.65 bits per heavy atom. The molecule has 0 fully saturated rings. The molecule has 0 aliphatic carbocycles. The van der Waals surface area contributed by atoms with Crippen LogP contribution in [0.1, 0.15) is 45.6 Å². The zero-order valence-corrected chi connectivity index (χ0v) is 12.9. The molecule has 1 aromatic rings. The highest BCUT2D eigenvalue weighted by molar-refractivity contribution is 5.43. The summed E-state index contributed by atoms with van der Waals surface area (Å²) in [5, 5.41) is 3.59. The number of nitrogens with one attached hydrogen (secondary N) is 1. The molecular formula is C17H27NO2. The van der Waals surface area contributed by atoms with Crippen molar-refractivity contribution in [2.24, 2.45) is 5.92 Å². The minimum absolute atomic E-state index is 0.543. The summed E-state index contributed by atoms with van der Waals surface area (Å²) in [6.45, 7) is 9.20. The third-order valence-corrected chi connectivity index (χ3v) is 3.92. The Kier molecular flexibility index (Phi) is 5.72. The fourth-order valence-electron chi connectivity index (χ4n) is 2.46. The van der Waals surface area contributed by atoms with Crippen LogP contribution < -0.4 is 14.8 Å². The Hall–Kier alpha value is -1.22. The van der Waals surface area contributed by atoms with Crippen LogP contribution in [0.4, 0.5) is 0 Å². The van der Waals surface area contributed by atoms with Crippen molar-refractivity contribution in [2.45, 2.75) is 52.6 Å². The second-order valence-electron chi connectivity index (χ2n) is 5.86. The molecule has 0 saturated carbocycles. The third kappa shape index (κ3) is 4.41. The van der Waals surface area contributed by atoms with Gasteiger partial charge in [0.2, 0.25) is 0 Å². The van der Waals surface area contributed by atoms with Crippen LogP contribution in [0.3, 0.4) is 0 Å². The Bertz CT molecular complexity index is 419. The van der Waals surface area contributed by atoms with Gasteiger partial charge in [0, 0.05) is 19.0 Å². The molecule has 3 heteroatoms. The molecule has 0 amide bonds. The molecule has 0 saturated heterocycles. The van der Waals surface area contributed by atoms with Crippen molar-refractivity contribution in [2.75, 3.05) is 13.2 Å². The largest absolute Gasteiger partial charge is 0.490 e. The summed E-state index contributed by atoms with van der Waals surface area (Å²) in [7, 11) is 0. The normalized spacial score (nSPS) is 17.4. The second kappa shape index (κ2) is 7.53. The van der Waals surface area contributed by atoms with Crippen molar-refractivity contribution < 1.29 is 9.47 Å².